The first-order valence-corrected chi connectivity index (χ1v) is 5.89. The first-order valence-electron chi connectivity index (χ1n) is 4.09. The van der Waals surface area contributed by atoms with Crippen LogP contribution in [0.15, 0.2) is 24.3 Å². The largest absolute Gasteiger partial charge is 0.374 e. The summed E-state index contributed by atoms with van der Waals surface area (Å²) in [4.78, 5) is 17.3. The van der Waals surface area contributed by atoms with Gasteiger partial charge in [-0.05, 0) is 11.6 Å². The Balaban J connectivity index is 2.71. The van der Waals surface area contributed by atoms with E-state index in [4.69, 9.17) is 15.5 Å². The summed E-state index contributed by atoms with van der Waals surface area (Å²) in [6, 6.07) is 7.14. The summed E-state index contributed by atoms with van der Waals surface area (Å²) in [5, 5.41) is 2.66. The molecule has 1 rings (SSSR count). The molecule has 0 atom stereocenters. The van der Waals surface area contributed by atoms with Crippen molar-refractivity contribution in [2.45, 2.75) is 6.54 Å². The van der Waals surface area contributed by atoms with E-state index < -0.39 is 7.60 Å². The highest BCUT2D eigenvalue weighted by Gasteiger charge is 2.12. The molecule has 0 saturated heterocycles. The van der Waals surface area contributed by atoms with Gasteiger partial charge >= 0.3 is 7.60 Å². The van der Waals surface area contributed by atoms with Gasteiger partial charge in [0.25, 0.3) is 0 Å². The SMILES string of the molecule is NCc1ccccc1NCP(=O)(O)O. The van der Waals surface area contributed by atoms with Crippen molar-refractivity contribution in [3.8, 4) is 0 Å². The minimum absolute atomic E-state index is 0.338. The normalized spacial score (nSPS) is 11.4. The second-order valence-electron chi connectivity index (χ2n) is 2.86. The lowest BCUT2D eigenvalue weighted by molar-refractivity contribution is 0.375. The fourth-order valence-electron chi connectivity index (χ4n) is 1.06. The predicted molar refractivity (Wildman–Crippen MR) is 54.9 cm³/mol. The molecule has 0 saturated carbocycles. The number of nitrogens with one attached hydrogen (secondary N) is 1. The minimum Gasteiger partial charge on any atom is -0.374 e. The van der Waals surface area contributed by atoms with Gasteiger partial charge in [-0.25, -0.2) is 0 Å². The summed E-state index contributed by atoms with van der Waals surface area (Å²) in [5.74, 6) is 0. The Labute approximate surface area is 82.1 Å². The molecule has 78 valence electrons. The quantitative estimate of drug-likeness (QED) is 0.555. The second-order valence-corrected chi connectivity index (χ2v) is 4.51. The first kappa shape index (κ1) is 11.2. The third-order valence-corrected chi connectivity index (χ3v) is 2.28. The van der Waals surface area contributed by atoms with Gasteiger partial charge < -0.3 is 20.8 Å². The molecular formula is C8H13N2O3P. The highest BCUT2D eigenvalue weighted by atomic mass is 31.2. The molecule has 0 bridgehead atoms. The van der Waals surface area contributed by atoms with Crippen molar-refractivity contribution in [1.82, 2.24) is 0 Å². The smallest absolute Gasteiger partial charge is 0.344 e. The molecule has 5 nitrogen and oxygen atoms in total. The zero-order chi connectivity index (χ0) is 10.6. The van der Waals surface area contributed by atoms with E-state index in [1.165, 1.54) is 0 Å². The number of para-hydroxylation sites is 1. The highest BCUT2D eigenvalue weighted by Crippen LogP contribution is 2.34. The van der Waals surface area contributed by atoms with Crippen LogP contribution in [0, 0.1) is 0 Å². The molecule has 0 heterocycles. The van der Waals surface area contributed by atoms with E-state index in [1.807, 2.05) is 12.1 Å². The average molecular weight is 216 g/mol. The van der Waals surface area contributed by atoms with Crippen LogP contribution in [0.2, 0.25) is 0 Å². The zero-order valence-corrected chi connectivity index (χ0v) is 8.45. The Bertz CT molecular complexity index is 350. The minimum atomic E-state index is -4.01. The van der Waals surface area contributed by atoms with Gasteiger partial charge in [-0.3, -0.25) is 4.57 Å². The van der Waals surface area contributed by atoms with E-state index in [-0.39, 0.29) is 6.29 Å². The number of rotatable bonds is 4. The third kappa shape index (κ3) is 3.47. The lowest BCUT2D eigenvalue weighted by Crippen LogP contribution is -2.06. The van der Waals surface area contributed by atoms with Gasteiger partial charge in [-0.1, -0.05) is 18.2 Å². The Kier molecular flexibility index (Phi) is 3.66. The molecule has 0 aliphatic heterocycles. The van der Waals surface area contributed by atoms with E-state index in [0.29, 0.717) is 12.2 Å². The topological polar surface area (TPSA) is 95.6 Å². The van der Waals surface area contributed by atoms with Crippen molar-refractivity contribution in [1.29, 1.82) is 0 Å². The molecule has 0 amide bonds. The number of benzene rings is 1. The van der Waals surface area contributed by atoms with Crippen LogP contribution < -0.4 is 11.1 Å². The number of hydrogen-bond donors (Lipinski definition) is 4. The summed E-state index contributed by atoms with van der Waals surface area (Å²) < 4.78 is 10.6. The van der Waals surface area contributed by atoms with Crippen LogP contribution in [-0.2, 0) is 11.1 Å². The van der Waals surface area contributed by atoms with E-state index in [9.17, 15) is 4.57 Å². The van der Waals surface area contributed by atoms with Crippen LogP contribution in [0.3, 0.4) is 0 Å². The van der Waals surface area contributed by atoms with Gasteiger partial charge in [0.15, 0.2) is 0 Å². The summed E-state index contributed by atoms with van der Waals surface area (Å²) in [6.45, 7) is 0.338. The molecule has 1 aromatic rings. The van der Waals surface area contributed by atoms with Crippen molar-refractivity contribution in [3.05, 3.63) is 29.8 Å². The lowest BCUT2D eigenvalue weighted by atomic mass is 10.2. The first-order chi connectivity index (χ1) is 6.53. The van der Waals surface area contributed by atoms with Crippen molar-refractivity contribution >= 4 is 13.3 Å². The Morgan fingerprint density at radius 3 is 2.57 bits per heavy atom. The highest BCUT2D eigenvalue weighted by molar-refractivity contribution is 7.51. The number of hydrogen-bond acceptors (Lipinski definition) is 3. The molecule has 0 aliphatic carbocycles. The van der Waals surface area contributed by atoms with Gasteiger partial charge in [-0.15, -0.1) is 0 Å². The summed E-state index contributed by atoms with van der Waals surface area (Å²) >= 11 is 0. The standard InChI is InChI=1S/C8H13N2O3P/c9-5-7-3-1-2-4-8(7)10-6-14(11,12)13/h1-4,10H,5-6,9H2,(H2,11,12,13). The maximum atomic E-state index is 10.6. The molecule has 5 N–H and O–H groups in total. The van der Waals surface area contributed by atoms with Crippen LogP contribution >= 0.6 is 7.60 Å². The van der Waals surface area contributed by atoms with Gasteiger partial charge in [0, 0.05) is 12.2 Å². The Morgan fingerprint density at radius 1 is 1.36 bits per heavy atom. The van der Waals surface area contributed by atoms with Crippen molar-refractivity contribution in [2.75, 3.05) is 11.6 Å². The molecule has 0 aliphatic rings. The van der Waals surface area contributed by atoms with Gasteiger partial charge in [0.2, 0.25) is 0 Å². The van der Waals surface area contributed by atoms with Crippen molar-refractivity contribution in [2.24, 2.45) is 5.73 Å². The lowest BCUT2D eigenvalue weighted by Gasteiger charge is -2.11. The predicted octanol–water partition coefficient (Wildman–Crippen LogP) is 0.692. The molecule has 0 spiro atoms. The fraction of sp³-hybridized carbons (Fsp3) is 0.250. The van der Waals surface area contributed by atoms with Crippen LogP contribution in [0.4, 0.5) is 5.69 Å². The molecule has 1 aromatic carbocycles. The van der Waals surface area contributed by atoms with Crippen LogP contribution in [0.1, 0.15) is 5.56 Å². The Morgan fingerprint density at radius 2 is 2.00 bits per heavy atom. The van der Waals surface area contributed by atoms with Gasteiger partial charge in [-0.2, -0.15) is 0 Å². The molecule has 0 aromatic heterocycles. The maximum absolute atomic E-state index is 10.6. The zero-order valence-electron chi connectivity index (χ0n) is 7.55. The molecule has 0 radical (unpaired) electrons. The molecular weight excluding hydrogens is 203 g/mol. The summed E-state index contributed by atoms with van der Waals surface area (Å²) in [5.41, 5.74) is 6.96. The number of nitrogens with two attached hydrogens (primary N) is 1. The van der Waals surface area contributed by atoms with E-state index >= 15 is 0 Å². The maximum Gasteiger partial charge on any atom is 0.344 e. The fourth-order valence-corrected chi connectivity index (χ4v) is 1.44. The third-order valence-electron chi connectivity index (χ3n) is 1.71. The van der Waals surface area contributed by atoms with Crippen LogP contribution in [0.5, 0.6) is 0 Å². The van der Waals surface area contributed by atoms with E-state index in [0.717, 1.165) is 5.56 Å². The van der Waals surface area contributed by atoms with E-state index in [1.54, 1.807) is 12.1 Å². The second kappa shape index (κ2) is 4.57. The van der Waals surface area contributed by atoms with Crippen molar-refractivity contribution < 1.29 is 14.4 Å². The van der Waals surface area contributed by atoms with E-state index in [2.05, 4.69) is 5.32 Å². The Hall–Kier alpha value is -0.870. The average Bonchev–Trinajstić information content (AvgIpc) is 2.14. The number of anilines is 1. The van der Waals surface area contributed by atoms with Gasteiger partial charge in [0.05, 0.1) is 0 Å². The molecule has 0 fully saturated rings. The van der Waals surface area contributed by atoms with Crippen LogP contribution in [0.25, 0.3) is 0 Å². The summed E-state index contributed by atoms with van der Waals surface area (Å²) in [7, 11) is -4.01. The molecule has 0 unspecified atom stereocenters. The summed E-state index contributed by atoms with van der Waals surface area (Å²) in [6.07, 6.45) is -0.371. The molecule has 6 heteroatoms. The molecule has 14 heavy (non-hydrogen) atoms. The van der Waals surface area contributed by atoms with Crippen LogP contribution in [-0.4, -0.2) is 16.1 Å². The van der Waals surface area contributed by atoms with Gasteiger partial charge in [0.1, 0.15) is 6.29 Å². The monoisotopic (exact) mass is 216 g/mol. The van der Waals surface area contributed by atoms with Crippen molar-refractivity contribution in [3.63, 3.8) is 0 Å².